The summed E-state index contributed by atoms with van der Waals surface area (Å²) in [6.45, 7) is 7.98. The van der Waals surface area contributed by atoms with Crippen LogP contribution in [-0.2, 0) is 38.0 Å². The summed E-state index contributed by atoms with van der Waals surface area (Å²) in [4.78, 5) is 26.6. The van der Waals surface area contributed by atoms with Gasteiger partial charge in [0.25, 0.3) is 0 Å². The number of rotatable bonds is 42. The van der Waals surface area contributed by atoms with Crippen LogP contribution in [0, 0.1) is 0 Å². The Morgan fingerprint density at radius 3 is 0.895 bits per heavy atom. The fourth-order valence-corrected chi connectivity index (χ4v) is 8.69. The van der Waals surface area contributed by atoms with Gasteiger partial charge in [-0.1, -0.05) is 0 Å². The van der Waals surface area contributed by atoms with E-state index in [0.717, 1.165) is 155 Å². The van der Waals surface area contributed by atoms with Crippen LogP contribution in [0.5, 0.6) is 46.0 Å². The molecule has 414 valence electrons. The Hall–Kier alpha value is -5.36. The molecule has 9 rings (SSSR count). The SMILES string of the molecule is O=C(C=Cc1ccc(OCCCCC2CO2)c(OCCCCC2CO2)c1OCCCCC1CO1)Oc1ccc(OC(=O)C=Cc2ccc(OCCCCC3CO3)c(OCCCCC3CO3)c2OCCCCC2CO2)cc1. The first-order valence-electron chi connectivity index (χ1n) is 28.2. The van der Waals surface area contributed by atoms with Crippen LogP contribution in [0.4, 0.5) is 0 Å². The number of epoxide rings is 6. The number of carbonyl (C=O) groups excluding carboxylic acids is 2. The monoisotopic (exact) mass is 1050 g/mol. The second-order valence-electron chi connectivity index (χ2n) is 20.4. The van der Waals surface area contributed by atoms with Gasteiger partial charge in [0, 0.05) is 23.3 Å². The molecule has 0 bridgehead atoms. The molecule has 6 atom stereocenters. The average Bonchev–Trinajstić information content (AvgIpc) is 4.20. The van der Waals surface area contributed by atoms with Crippen LogP contribution in [0.3, 0.4) is 0 Å². The third kappa shape index (κ3) is 20.9. The van der Waals surface area contributed by atoms with Crippen LogP contribution in [0.25, 0.3) is 12.2 Å². The van der Waals surface area contributed by atoms with Crippen molar-refractivity contribution < 1.29 is 75.9 Å². The van der Waals surface area contributed by atoms with E-state index in [1.165, 1.54) is 12.2 Å². The standard InChI is InChI=1S/C60H78O16/c61-55(29-21-43-19-27-53(63-31-7-1-13-47-37-69-47)59(67-35-11-5-17-51-41-73-51)57(43)65-33-9-3-15-49-39-71-49)75-45-23-25-46(26-24-45)76-56(62)30-22-44-20-28-54(64-32-8-2-14-48-38-70-48)60(68-36-12-6-18-52-42-74-52)58(44)66-34-10-4-16-50-40-72-50/h19-30,47-52H,1-18,31-42H2. The van der Waals surface area contributed by atoms with Crippen LogP contribution in [-0.4, -0.2) is 128 Å². The van der Waals surface area contributed by atoms with E-state index in [1.807, 2.05) is 24.3 Å². The lowest BCUT2D eigenvalue weighted by Gasteiger charge is -2.19. The van der Waals surface area contributed by atoms with Crippen LogP contribution in [0.2, 0.25) is 0 Å². The predicted molar refractivity (Wildman–Crippen MR) is 283 cm³/mol. The number of benzene rings is 3. The lowest BCUT2D eigenvalue weighted by atomic mass is 10.1. The Morgan fingerprint density at radius 1 is 0.355 bits per heavy atom. The van der Waals surface area contributed by atoms with Gasteiger partial charge in [-0.15, -0.1) is 0 Å². The highest BCUT2D eigenvalue weighted by Crippen LogP contribution is 2.43. The maximum Gasteiger partial charge on any atom is 0.336 e. The van der Waals surface area contributed by atoms with Crippen molar-refractivity contribution in [1.82, 2.24) is 0 Å². The van der Waals surface area contributed by atoms with Gasteiger partial charge in [0.2, 0.25) is 11.5 Å². The van der Waals surface area contributed by atoms with Crippen molar-refractivity contribution in [1.29, 1.82) is 0 Å². The van der Waals surface area contributed by atoms with E-state index in [2.05, 4.69) is 0 Å². The van der Waals surface area contributed by atoms with E-state index in [-0.39, 0.29) is 11.5 Å². The van der Waals surface area contributed by atoms with Crippen molar-refractivity contribution >= 4 is 24.1 Å². The van der Waals surface area contributed by atoms with Crippen LogP contribution in [0.15, 0.2) is 60.7 Å². The Kier molecular flexibility index (Phi) is 21.8. The molecule has 6 aliphatic heterocycles. The van der Waals surface area contributed by atoms with Gasteiger partial charge in [-0.05, 0) is 176 Å². The molecule has 6 unspecified atom stereocenters. The van der Waals surface area contributed by atoms with Gasteiger partial charge in [0.1, 0.15) is 11.5 Å². The first kappa shape index (κ1) is 55.4. The van der Waals surface area contributed by atoms with E-state index >= 15 is 0 Å². The fraction of sp³-hybridized carbons (Fsp3) is 0.600. The molecule has 0 saturated carbocycles. The van der Waals surface area contributed by atoms with Gasteiger partial charge in [-0.2, -0.15) is 0 Å². The van der Waals surface area contributed by atoms with Gasteiger partial charge < -0.3 is 66.3 Å². The Labute approximate surface area is 447 Å². The summed E-state index contributed by atoms with van der Waals surface area (Å²) in [5, 5.41) is 0. The second-order valence-corrected chi connectivity index (χ2v) is 20.4. The van der Waals surface area contributed by atoms with E-state index in [4.69, 9.17) is 66.3 Å². The van der Waals surface area contributed by atoms with Gasteiger partial charge in [0.15, 0.2) is 23.0 Å². The number of carbonyl (C=O) groups is 2. The Bertz CT molecular complexity index is 2150. The summed E-state index contributed by atoms with van der Waals surface area (Å²) < 4.78 is 82.2. The molecular weight excluding hydrogens is 977 g/mol. The van der Waals surface area contributed by atoms with Gasteiger partial charge in [-0.25, -0.2) is 9.59 Å². The molecule has 0 radical (unpaired) electrons. The molecule has 6 heterocycles. The molecular formula is C60H78O16. The van der Waals surface area contributed by atoms with E-state index < -0.39 is 11.9 Å². The molecule has 0 N–H and O–H groups in total. The number of hydrogen-bond donors (Lipinski definition) is 0. The highest BCUT2D eigenvalue weighted by atomic mass is 16.6. The lowest BCUT2D eigenvalue weighted by molar-refractivity contribution is -0.130. The van der Waals surface area contributed by atoms with Crippen LogP contribution in [0.1, 0.15) is 127 Å². The van der Waals surface area contributed by atoms with Gasteiger partial charge >= 0.3 is 11.9 Å². The normalized spacial score (nSPS) is 21.5. The predicted octanol–water partition coefficient (Wildman–Crippen LogP) is 10.6. The zero-order valence-electron chi connectivity index (χ0n) is 44.1. The van der Waals surface area contributed by atoms with E-state index in [1.54, 1.807) is 36.4 Å². The molecule has 76 heavy (non-hydrogen) atoms. The average molecular weight is 1060 g/mol. The van der Waals surface area contributed by atoms with Crippen molar-refractivity contribution in [3.63, 3.8) is 0 Å². The van der Waals surface area contributed by atoms with E-state index in [9.17, 15) is 9.59 Å². The molecule has 6 fully saturated rings. The molecule has 3 aromatic rings. The molecule has 0 spiro atoms. The fourth-order valence-electron chi connectivity index (χ4n) is 8.69. The summed E-state index contributed by atoms with van der Waals surface area (Å²) in [7, 11) is 0. The zero-order chi connectivity index (χ0) is 52.0. The van der Waals surface area contributed by atoms with Crippen molar-refractivity contribution in [2.75, 3.05) is 79.3 Å². The first-order chi connectivity index (χ1) is 37.5. The summed E-state index contributed by atoms with van der Waals surface area (Å²) in [5.74, 6) is 2.65. The van der Waals surface area contributed by atoms with Crippen molar-refractivity contribution in [3.05, 3.63) is 71.8 Å². The number of unbranched alkanes of at least 4 members (excludes halogenated alkanes) is 6. The molecule has 16 nitrogen and oxygen atoms in total. The highest BCUT2D eigenvalue weighted by molar-refractivity contribution is 5.90. The van der Waals surface area contributed by atoms with Crippen LogP contribution < -0.4 is 37.9 Å². The lowest BCUT2D eigenvalue weighted by Crippen LogP contribution is -2.08. The molecule has 0 amide bonds. The highest BCUT2D eigenvalue weighted by Gasteiger charge is 2.26. The quantitative estimate of drug-likeness (QED) is 0.0171. The summed E-state index contributed by atoms with van der Waals surface area (Å²) in [6, 6.07) is 13.8. The Morgan fingerprint density at radius 2 is 0.618 bits per heavy atom. The van der Waals surface area contributed by atoms with Gasteiger partial charge in [0.05, 0.1) is 116 Å². The largest absolute Gasteiger partial charge is 0.490 e. The third-order valence-electron chi connectivity index (χ3n) is 13.7. The van der Waals surface area contributed by atoms with Gasteiger partial charge in [-0.3, -0.25) is 0 Å². The maximum atomic E-state index is 13.3. The minimum Gasteiger partial charge on any atom is -0.490 e. The second kappa shape index (κ2) is 30.0. The van der Waals surface area contributed by atoms with Crippen LogP contribution >= 0.6 is 0 Å². The number of esters is 2. The molecule has 6 saturated heterocycles. The maximum absolute atomic E-state index is 13.3. The Balaban J connectivity index is 0.816. The molecule has 0 aliphatic carbocycles. The zero-order valence-corrected chi connectivity index (χ0v) is 44.1. The minimum absolute atomic E-state index is 0.276. The summed E-state index contributed by atoms with van der Waals surface area (Å²) in [5.41, 5.74) is 1.31. The van der Waals surface area contributed by atoms with E-state index in [0.29, 0.717) is 122 Å². The van der Waals surface area contributed by atoms with Crippen molar-refractivity contribution in [3.8, 4) is 46.0 Å². The van der Waals surface area contributed by atoms with Crippen molar-refractivity contribution in [2.24, 2.45) is 0 Å². The molecule has 0 aromatic heterocycles. The van der Waals surface area contributed by atoms with Crippen molar-refractivity contribution in [2.45, 2.75) is 152 Å². The molecule has 16 heteroatoms. The number of ether oxygens (including phenoxy) is 14. The smallest absolute Gasteiger partial charge is 0.336 e. The molecule has 3 aromatic carbocycles. The summed E-state index contributed by atoms with van der Waals surface area (Å²) in [6.07, 6.45) is 25.5. The molecule has 6 aliphatic rings. The topological polar surface area (TPSA) is 183 Å². The first-order valence-corrected chi connectivity index (χ1v) is 28.2. The summed E-state index contributed by atoms with van der Waals surface area (Å²) >= 11 is 0. The number of hydrogen-bond acceptors (Lipinski definition) is 16. The minimum atomic E-state index is -0.598. The third-order valence-corrected chi connectivity index (χ3v) is 13.7.